The molecular formula is C23H24N4O3. The maximum absolute atomic E-state index is 12.9. The lowest BCUT2D eigenvalue weighted by molar-refractivity contribution is 0.133. The zero-order valence-electron chi connectivity index (χ0n) is 16.5. The molecule has 0 saturated carbocycles. The number of hydrogen-bond donors (Lipinski definition) is 2. The molecule has 30 heavy (non-hydrogen) atoms. The number of amides is 2. The molecule has 0 unspecified atom stereocenters. The lowest BCUT2D eigenvalue weighted by atomic mass is 10.2. The fourth-order valence-corrected chi connectivity index (χ4v) is 3.23. The van der Waals surface area contributed by atoms with Crippen molar-refractivity contribution in [2.24, 2.45) is 0 Å². The van der Waals surface area contributed by atoms with Crippen molar-refractivity contribution >= 4 is 11.7 Å². The van der Waals surface area contributed by atoms with E-state index < -0.39 is 0 Å². The Labute approximate surface area is 175 Å². The highest BCUT2D eigenvalue weighted by molar-refractivity contribution is 5.89. The number of carbonyl (C=O) groups is 1. The molecule has 2 N–H and O–H groups in total. The molecule has 0 aliphatic carbocycles. The van der Waals surface area contributed by atoms with Gasteiger partial charge in [-0.3, -0.25) is 4.98 Å². The molecule has 1 saturated heterocycles. The van der Waals surface area contributed by atoms with Crippen molar-refractivity contribution < 1.29 is 14.3 Å². The Morgan fingerprint density at radius 2 is 1.80 bits per heavy atom. The summed E-state index contributed by atoms with van der Waals surface area (Å²) in [6, 6.07) is 20.4. The van der Waals surface area contributed by atoms with Crippen molar-refractivity contribution in [3.05, 3.63) is 79.1 Å². The van der Waals surface area contributed by atoms with E-state index in [9.17, 15) is 4.79 Å². The quantitative estimate of drug-likeness (QED) is 0.654. The molecule has 154 valence electrons. The number of piperazine rings is 1. The van der Waals surface area contributed by atoms with Gasteiger partial charge in [-0.1, -0.05) is 18.2 Å². The smallest absolute Gasteiger partial charge is 0.322 e. The predicted molar refractivity (Wildman–Crippen MR) is 115 cm³/mol. The van der Waals surface area contributed by atoms with E-state index in [0.717, 1.165) is 12.3 Å². The van der Waals surface area contributed by atoms with Gasteiger partial charge >= 0.3 is 6.03 Å². The Kier molecular flexibility index (Phi) is 6.41. The van der Waals surface area contributed by atoms with Crippen LogP contribution in [0, 0.1) is 0 Å². The van der Waals surface area contributed by atoms with E-state index in [1.807, 2.05) is 66.7 Å². The van der Waals surface area contributed by atoms with E-state index in [-0.39, 0.29) is 12.1 Å². The number of nitrogens with zero attached hydrogens (tertiary/aromatic N) is 2. The molecule has 3 aromatic rings. The minimum Gasteiger partial charge on any atom is -0.490 e. The highest BCUT2D eigenvalue weighted by Gasteiger charge is 2.27. The summed E-state index contributed by atoms with van der Waals surface area (Å²) in [6.45, 7) is 2.44. The molecule has 0 spiro atoms. The number of pyridine rings is 1. The zero-order valence-corrected chi connectivity index (χ0v) is 16.5. The molecule has 2 aromatic carbocycles. The van der Waals surface area contributed by atoms with Crippen molar-refractivity contribution in [2.45, 2.75) is 6.04 Å². The van der Waals surface area contributed by atoms with E-state index in [4.69, 9.17) is 9.47 Å². The lowest BCUT2D eigenvalue weighted by Crippen LogP contribution is -2.57. The Morgan fingerprint density at radius 3 is 2.57 bits per heavy atom. The van der Waals surface area contributed by atoms with E-state index in [0.29, 0.717) is 36.9 Å². The number of para-hydroxylation sites is 1. The number of benzene rings is 2. The number of ether oxygens (including phenoxy) is 2. The van der Waals surface area contributed by atoms with Gasteiger partial charge in [0.25, 0.3) is 0 Å². The van der Waals surface area contributed by atoms with Crippen LogP contribution in [0.25, 0.3) is 0 Å². The lowest BCUT2D eigenvalue weighted by Gasteiger charge is -2.35. The van der Waals surface area contributed by atoms with Crippen LogP contribution in [0.15, 0.2) is 79.1 Å². The number of rotatable bonds is 6. The Morgan fingerprint density at radius 1 is 1.03 bits per heavy atom. The second-order valence-corrected chi connectivity index (χ2v) is 6.92. The van der Waals surface area contributed by atoms with Gasteiger partial charge in [0.05, 0.1) is 12.2 Å². The first kappa shape index (κ1) is 19.7. The molecule has 1 aromatic heterocycles. The first-order chi connectivity index (χ1) is 14.8. The molecule has 1 aliphatic rings. The molecular weight excluding hydrogens is 380 g/mol. The SMILES string of the molecule is O=C(Nc1ccc(Oc2ccccc2)cc1)N1CCNC[C@H]1COc1cccnc1. The molecule has 1 atom stereocenters. The zero-order chi connectivity index (χ0) is 20.6. The molecule has 0 radical (unpaired) electrons. The Bertz CT molecular complexity index is 936. The molecule has 0 bridgehead atoms. The summed E-state index contributed by atoms with van der Waals surface area (Å²) < 4.78 is 11.6. The monoisotopic (exact) mass is 404 g/mol. The number of hydrogen-bond acceptors (Lipinski definition) is 5. The summed E-state index contributed by atoms with van der Waals surface area (Å²) in [4.78, 5) is 18.7. The van der Waals surface area contributed by atoms with Crippen molar-refractivity contribution in [1.29, 1.82) is 0 Å². The van der Waals surface area contributed by atoms with Gasteiger partial charge in [-0.15, -0.1) is 0 Å². The van der Waals surface area contributed by atoms with Gasteiger partial charge in [-0.2, -0.15) is 0 Å². The third-order valence-electron chi connectivity index (χ3n) is 4.77. The topological polar surface area (TPSA) is 75.7 Å². The van der Waals surface area contributed by atoms with Gasteiger partial charge in [0.1, 0.15) is 23.9 Å². The maximum Gasteiger partial charge on any atom is 0.322 e. The highest BCUT2D eigenvalue weighted by atomic mass is 16.5. The molecule has 7 nitrogen and oxygen atoms in total. The molecule has 2 amide bonds. The summed E-state index contributed by atoms with van der Waals surface area (Å²) in [5.74, 6) is 2.17. The third kappa shape index (κ3) is 5.27. The van der Waals surface area contributed by atoms with Crippen LogP contribution in [0.3, 0.4) is 0 Å². The van der Waals surface area contributed by atoms with E-state index in [1.54, 1.807) is 17.3 Å². The van der Waals surface area contributed by atoms with Crippen LogP contribution in [-0.2, 0) is 0 Å². The van der Waals surface area contributed by atoms with E-state index in [1.165, 1.54) is 0 Å². The molecule has 7 heteroatoms. The second-order valence-electron chi connectivity index (χ2n) is 6.92. The average Bonchev–Trinajstić information content (AvgIpc) is 2.80. The summed E-state index contributed by atoms with van der Waals surface area (Å²) in [5.41, 5.74) is 0.714. The molecule has 1 aliphatic heterocycles. The molecule has 1 fully saturated rings. The first-order valence-electron chi connectivity index (χ1n) is 9.92. The number of carbonyl (C=O) groups excluding carboxylic acids is 1. The highest BCUT2D eigenvalue weighted by Crippen LogP contribution is 2.23. The first-order valence-corrected chi connectivity index (χ1v) is 9.92. The van der Waals surface area contributed by atoms with Crippen LogP contribution >= 0.6 is 0 Å². The number of urea groups is 1. The van der Waals surface area contributed by atoms with Gasteiger partial charge in [0, 0.05) is 31.5 Å². The minimum atomic E-state index is -0.145. The predicted octanol–water partition coefficient (Wildman–Crippen LogP) is 3.76. The van der Waals surface area contributed by atoms with E-state index >= 15 is 0 Å². The number of anilines is 1. The number of aromatic nitrogens is 1. The average molecular weight is 404 g/mol. The van der Waals surface area contributed by atoms with Crippen LogP contribution in [0.5, 0.6) is 17.2 Å². The third-order valence-corrected chi connectivity index (χ3v) is 4.77. The minimum absolute atomic E-state index is 0.0698. The molecule has 4 rings (SSSR count). The van der Waals surface area contributed by atoms with Crippen LogP contribution < -0.4 is 20.1 Å². The van der Waals surface area contributed by atoms with Crippen LogP contribution in [-0.4, -0.2) is 48.2 Å². The summed E-state index contributed by atoms with van der Waals surface area (Å²) in [6.07, 6.45) is 3.37. The summed E-state index contributed by atoms with van der Waals surface area (Å²) in [5, 5.41) is 6.28. The Hall–Kier alpha value is -3.58. The summed E-state index contributed by atoms with van der Waals surface area (Å²) >= 11 is 0. The van der Waals surface area contributed by atoms with Gasteiger partial charge in [-0.05, 0) is 48.5 Å². The maximum atomic E-state index is 12.9. The Balaban J connectivity index is 1.34. The fraction of sp³-hybridized carbons (Fsp3) is 0.217. The van der Waals surface area contributed by atoms with Gasteiger partial charge < -0.3 is 25.0 Å². The van der Waals surface area contributed by atoms with Crippen LogP contribution in [0.1, 0.15) is 0 Å². The normalized spacial score (nSPS) is 16.0. The fourth-order valence-electron chi connectivity index (χ4n) is 3.23. The van der Waals surface area contributed by atoms with Crippen molar-refractivity contribution in [3.63, 3.8) is 0 Å². The largest absolute Gasteiger partial charge is 0.490 e. The van der Waals surface area contributed by atoms with Gasteiger partial charge in [0.15, 0.2) is 0 Å². The standard InChI is InChI=1S/C23H24N4O3/c28-23(26-18-8-10-21(11-9-18)30-20-5-2-1-3-6-20)27-14-13-25-15-19(27)17-29-22-7-4-12-24-16-22/h1-12,16,19,25H,13-15,17H2,(H,26,28)/t19-/m0/s1. The second kappa shape index (κ2) is 9.76. The molecule has 2 heterocycles. The van der Waals surface area contributed by atoms with Crippen molar-refractivity contribution in [3.8, 4) is 17.2 Å². The van der Waals surface area contributed by atoms with Crippen molar-refractivity contribution in [1.82, 2.24) is 15.2 Å². The number of nitrogens with one attached hydrogen (secondary N) is 2. The van der Waals surface area contributed by atoms with Crippen LogP contribution in [0.4, 0.5) is 10.5 Å². The van der Waals surface area contributed by atoms with Crippen molar-refractivity contribution in [2.75, 3.05) is 31.6 Å². The van der Waals surface area contributed by atoms with E-state index in [2.05, 4.69) is 15.6 Å². The van der Waals surface area contributed by atoms with Crippen LogP contribution in [0.2, 0.25) is 0 Å². The summed E-state index contributed by atoms with van der Waals surface area (Å²) in [7, 11) is 0. The van der Waals surface area contributed by atoms with Gasteiger partial charge in [0.2, 0.25) is 0 Å². The van der Waals surface area contributed by atoms with Gasteiger partial charge in [-0.25, -0.2) is 4.79 Å².